The molecule has 0 aromatic rings. The lowest BCUT2D eigenvalue weighted by Gasteiger charge is -2.40. The standard InChI is InChI=1S/C13H26O10/c14-3-6(17)10(19)9(18)5(16)1-2-7-11(20)13(22)12(21)8(4-15)23-7/h5-22H,1-4H2/t5-,6+,7-,8?,9-,10-,11?,12-,13+/m1/s1. The molecule has 1 aliphatic rings. The van der Waals surface area contributed by atoms with Gasteiger partial charge in [-0.05, 0) is 12.8 Å². The predicted molar refractivity (Wildman–Crippen MR) is 74.1 cm³/mol. The molecule has 0 aromatic heterocycles. The van der Waals surface area contributed by atoms with Crippen molar-refractivity contribution in [2.45, 2.75) is 67.8 Å². The molecule has 23 heavy (non-hydrogen) atoms. The number of ether oxygens (including phenoxy) is 1. The second-order valence-corrected chi connectivity index (χ2v) is 5.74. The number of hydrogen-bond acceptors (Lipinski definition) is 10. The van der Waals surface area contributed by atoms with Gasteiger partial charge in [-0.1, -0.05) is 0 Å². The molecule has 0 aliphatic carbocycles. The molecule has 1 heterocycles. The highest BCUT2D eigenvalue weighted by atomic mass is 16.5. The molecule has 1 saturated heterocycles. The first-order valence-electron chi connectivity index (χ1n) is 7.38. The zero-order valence-electron chi connectivity index (χ0n) is 12.5. The lowest BCUT2D eigenvalue weighted by atomic mass is 9.91. The van der Waals surface area contributed by atoms with Crippen LogP contribution in [0.25, 0.3) is 0 Å². The van der Waals surface area contributed by atoms with Crippen LogP contribution in [0.5, 0.6) is 0 Å². The highest BCUT2D eigenvalue weighted by molar-refractivity contribution is 4.92. The van der Waals surface area contributed by atoms with Crippen LogP contribution in [0.1, 0.15) is 12.8 Å². The molecule has 0 aromatic carbocycles. The SMILES string of the molecule is OCC1O[C@H](CC[C@@H](O)[C@@H](O)[C@H](O)[C@@H](O)CO)C(O)[C@H](O)[C@@H]1O. The number of aliphatic hydroxyl groups excluding tert-OH is 9. The van der Waals surface area contributed by atoms with Gasteiger partial charge >= 0.3 is 0 Å². The van der Waals surface area contributed by atoms with Crippen LogP contribution >= 0.6 is 0 Å². The Morgan fingerprint density at radius 3 is 1.78 bits per heavy atom. The predicted octanol–water partition coefficient (Wildman–Crippen LogP) is -4.96. The Labute approximate surface area is 132 Å². The van der Waals surface area contributed by atoms with Crippen molar-refractivity contribution in [3.63, 3.8) is 0 Å². The van der Waals surface area contributed by atoms with Gasteiger partial charge in [-0.2, -0.15) is 0 Å². The van der Waals surface area contributed by atoms with Crippen molar-refractivity contribution in [3.05, 3.63) is 0 Å². The van der Waals surface area contributed by atoms with Crippen molar-refractivity contribution < 1.29 is 50.7 Å². The van der Waals surface area contributed by atoms with E-state index in [1.165, 1.54) is 0 Å². The maximum absolute atomic E-state index is 9.82. The fraction of sp³-hybridized carbons (Fsp3) is 1.00. The summed E-state index contributed by atoms with van der Waals surface area (Å²) in [6.07, 6.45) is -13.4. The van der Waals surface area contributed by atoms with E-state index in [1.54, 1.807) is 0 Å². The Kier molecular flexibility index (Phi) is 8.24. The Balaban J connectivity index is 2.55. The van der Waals surface area contributed by atoms with Crippen LogP contribution in [-0.4, -0.2) is 114 Å². The summed E-state index contributed by atoms with van der Waals surface area (Å²) in [5, 5.41) is 85.0. The molecule has 1 aliphatic heterocycles. The summed E-state index contributed by atoms with van der Waals surface area (Å²) < 4.78 is 5.24. The third-order valence-corrected chi connectivity index (χ3v) is 4.06. The first kappa shape index (κ1) is 20.6. The van der Waals surface area contributed by atoms with Crippen molar-refractivity contribution >= 4 is 0 Å². The van der Waals surface area contributed by atoms with Gasteiger partial charge in [0.15, 0.2) is 0 Å². The van der Waals surface area contributed by atoms with Gasteiger partial charge < -0.3 is 50.7 Å². The van der Waals surface area contributed by atoms with Crippen LogP contribution in [0.15, 0.2) is 0 Å². The van der Waals surface area contributed by atoms with Gasteiger partial charge in [0.2, 0.25) is 0 Å². The lowest BCUT2D eigenvalue weighted by molar-refractivity contribution is -0.232. The van der Waals surface area contributed by atoms with E-state index in [4.69, 9.17) is 14.9 Å². The summed E-state index contributed by atoms with van der Waals surface area (Å²) >= 11 is 0. The van der Waals surface area contributed by atoms with Crippen LogP contribution in [0.3, 0.4) is 0 Å². The van der Waals surface area contributed by atoms with E-state index in [2.05, 4.69) is 0 Å². The van der Waals surface area contributed by atoms with E-state index in [9.17, 15) is 35.7 Å². The minimum Gasteiger partial charge on any atom is -0.394 e. The van der Waals surface area contributed by atoms with Crippen molar-refractivity contribution in [2.24, 2.45) is 0 Å². The third-order valence-electron chi connectivity index (χ3n) is 4.06. The van der Waals surface area contributed by atoms with Crippen LogP contribution < -0.4 is 0 Å². The molecule has 0 amide bonds. The zero-order valence-corrected chi connectivity index (χ0v) is 12.5. The fourth-order valence-electron chi connectivity index (χ4n) is 2.49. The summed E-state index contributed by atoms with van der Waals surface area (Å²) in [7, 11) is 0. The van der Waals surface area contributed by atoms with Gasteiger partial charge in [-0.15, -0.1) is 0 Å². The first-order valence-corrected chi connectivity index (χ1v) is 7.38. The quantitative estimate of drug-likeness (QED) is 0.206. The summed E-state index contributed by atoms with van der Waals surface area (Å²) in [5.74, 6) is 0. The summed E-state index contributed by atoms with van der Waals surface area (Å²) in [6, 6.07) is 0. The molecule has 1 rings (SSSR count). The molecular weight excluding hydrogens is 316 g/mol. The highest BCUT2D eigenvalue weighted by Gasteiger charge is 2.43. The topological polar surface area (TPSA) is 191 Å². The van der Waals surface area contributed by atoms with E-state index < -0.39 is 68.1 Å². The Bertz CT molecular complexity index is 341. The van der Waals surface area contributed by atoms with Crippen molar-refractivity contribution in [1.29, 1.82) is 0 Å². The number of hydrogen-bond donors (Lipinski definition) is 9. The lowest BCUT2D eigenvalue weighted by Crippen LogP contribution is -2.58. The van der Waals surface area contributed by atoms with E-state index >= 15 is 0 Å². The van der Waals surface area contributed by atoms with E-state index in [0.717, 1.165) is 0 Å². The van der Waals surface area contributed by atoms with Crippen LogP contribution in [0, 0.1) is 0 Å². The average molecular weight is 342 g/mol. The van der Waals surface area contributed by atoms with Crippen molar-refractivity contribution in [1.82, 2.24) is 0 Å². The van der Waals surface area contributed by atoms with Gasteiger partial charge in [0, 0.05) is 0 Å². The molecule has 0 saturated carbocycles. The van der Waals surface area contributed by atoms with Gasteiger partial charge in [-0.25, -0.2) is 0 Å². The molecule has 9 N–H and O–H groups in total. The fourth-order valence-corrected chi connectivity index (χ4v) is 2.49. The Hall–Kier alpha value is -0.400. The smallest absolute Gasteiger partial charge is 0.111 e. The Morgan fingerprint density at radius 1 is 0.739 bits per heavy atom. The first-order chi connectivity index (χ1) is 10.7. The van der Waals surface area contributed by atoms with E-state index in [-0.39, 0.29) is 12.8 Å². The van der Waals surface area contributed by atoms with Crippen LogP contribution in [0.4, 0.5) is 0 Å². The largest absolute Gasteiger partial charge is 0.394 e. The molecule has 10 nitrogen and oxygen atoms in total. The van der Waals surface area contributed by atoms with Gasteiger partial charge in [0.05, 0.1) is 25.4 Å². The molecular formula is C13H26O10. The summed E-state index contributed by atoms with van der Waals surface area (Å²) in [5.41, 5.74) is 0. The Morgan fingerprint density at radius 2 is 1.26 bits per heavy atom. The normalized spacial score (nSPS) is 37.2. The second-order valence-electron chi connectivity index (χ2n) is 5.74. The van der Waals surface area contributed by atoms with Crippen LogP contribution in [-0.2, 0) is 4.74 Å². The molecule has 0 radical (unpaired) electrons. The zero-order chi connectivity index (χ0) is 17.7. The van der Waals surface area contributed by atoms with Gasteiger partial charge in [0.1, 0.15) is 42.7 Å². The van der Waals surface area contributed by atoms with E-state index in [1.807, 2.05) is 0 Å². The molecule has 1 fully saturated rings. The average Bonchev–Trinajstić information content (AvgIpc) is 2.56. The monoisotopic (exact) mass is 342 g/mol. The number of aliphatic hydroxyl groups is 9. The van der Waals surface area contributed by atoms with Crippen molar-refractivity contribution in [2.75, 3.05) is 13.2 Å². The minimum absolute atomic E-state index is 0.0540. The minimum atomic E-state index is -1.76. The van der Waals surface area contributed by atoms with E-state index in [0.29, 0.717) is 0 Å². The molecule has 0 bridgehead atoms. The molecule has 0 spiro atoms. The third kappa shape index (κ3) is 5.03. The summed E-state index contributed by atoms with van der Waals surface area (Å²) in [4.78, 5) is 0. The summed E-state index contributed by atoms with van der Waals surface area (Å²) in [6.45, 7) is -1.37. The maximum atomic E-state index is 9.82. The van der Waals surface area contributed by atoms with Gasteiger partial charge in [0.25, 0.3) is 0 Å². The molecule has 2 unspecified atom stereocenters. The van der Waals surface area contributed by atoms with Crippen LogP contribution in [0.2, 0.25) is 0 Å². The van der Waals surface area contributed by atoms with Gasteiger partial charge in [-0.3, -0.25) is 0 Å². The van der Waals surface area contributed by atoms with Crippen molar-refractivity contribution in [3.8, 4) is 0 Å². The number of rotatable bonds is 8. The molecule has 9 atom stereocenters. The second kappa shape index (κ2) is 9.18. The molecule has 10 heteroatoms. The highest BCUT2D eigenvalue weighted by Crippen LogP contribution is 2.25. The maximum Gasteiger partial charge on any atom is 0.111 e. The molecule has 138 valence electrons.